The highest BCUT2D eigenvalue weighted by molar-refractivity contribution is 5.67. The lowest BCUT2D eigenvalue weighted by Crippen LogP contribution is -2.32. The summed E-state index contributed by atoms with van der Waals surface area (Å²) >= 11 is 0. The van der Waals surface area contributed by atoms with Crippen molar-refractivity contribution >= 4 is 6.09 Å². The van der Waals surface area contributed by atoms with Crippen molar-refractivity contribution in [2.45, 2.75) is 32.5 Å². The van der Waals surface area contributed by atoms with Crippen molar-refractivity contribution in [2.75, 3.05) is 20.4 Å². The summed E-state index contributed by atoms with van der Waals surface area (Å²) in [6.07, 6.45) is -1.14. The summed E-state index contributed by atoms with van der Waals surface area (Å²) < 4.78 is 29.4. The first-order valence-electron chi connectivity index (χ1n) is 6.89. The Kier molecular flexibility index (Phi) is 7.71. The van der Waals surface area contributed by atoms with Crippen molar-refractivity contribution in [3.63, 3.8) is 0 Å². The second kappa shape index (κ2) is 9.31. The third kappa shape index (κ3) is 5.69. The largest absolute Gasteiger partial charge is 0.443 e. The molecule has 2 atom stereocenters. The molecule has 0 radical (unpaired) electrons. The van der Waals surface area contributed by atoms with E-state index < -0.39 is 24.1 Å². The van der Waals surface area contributed by atoms with Crippen molar-refractivity contribution in [1.29, 1.82) is 0 Å². The Labute approximate surface area is 124 Å². The van der Waals surface area contributed by atoms with Gasteiger partial charge in [-0.15, -0.1) is 0 Å². The molecule has 1 amide bonds. The molecule has 118 valence electrons. The Bertz CT molecular complexity index is 441. The van der Waals surface area contributed by atoms with Crippen LogP contribution >= 0.6 is 0 Å². The van der Waals surface area contributed by atoms with Crippen LogP contribution in [0.2, 0.25) is 0 Å². The zero-order valence-electron chi connectivity index (χ0n) is 12.6. The number of ether oxygens (including phenoxy) is 3. The molecule has 0 fully saturated rings. The van der Waals surface area contributed by atoms with E-state index in [0.29, 0.717) is 12.1 Å². The first-order valence-corrected chi connectivity index (χ1v) is 6.89. The summed E-state index contributed by atoms with van der Waals surface area (Å²) in [6.45, 7) is 4.09. The summed E-state index contributed by atoms with van der Waals surface area (Å²) in [5, 5.41) is 2.60. The number of amides is 1. The van der Waals surface area contributed by atoms with Gasteiger partial charge in [0.05, 0.1) is 0 Å². The van der Waals surface area contributed by atoms with Crippen LogP contribution in [0, 0.1) is 5.82 Å². The van der Waals surface area contributed by atoms with Crippen molar-refractivity contribution < 1.29 is 23.4 Å². The van der Waals surface area contributed by atoms with Crippen LogP contribution in [0.1, 0.15) is 31.9 Å². The van der Waals surface area contributed by atoms with E-state index in [4.69, 9.17) is 14.2 Å². The van der Waals surface area contributed by atoms with Crippen LogP contribution in [-0.4, -0.2) is 32.6 Å². The number of carbonyl (C=O) groups excluding carboxylic acids is 1. The lowest BCUT2D eigenvalue weighted by Gasteiger charge is -2.24. The molecule has 1 aromatic carbocycles. The molecule has 6 heteroatoms. The van der Waals surface area contributed by atoms with E-state index in [0.717, 1.165) is 6.42 Å². The normalized spacial score (nSPS) is 13.5. The standard InChI is InChI=1S/C15H22FNO4/c1-4-9-17-15(18)21-11(2)14(20-10-19-3)12-7-5-6-8-13(12)16/h5-8,11,14H,4,9-10H2,1-3H3,(H,17,18). The highest BCUT2D eigenvalue weighted by atomic mass is 19.1. The topological polar surface area (TPSA) is 56.8 Å². The minimum Gasteiger partial charge on any atom is -0.443 e. The van der Waals surface area contributed by atoms with Gasteiger partial charge in [0, 0.05) is 19.2 Å². The number of rotatable bonds is 8. The number of benzene rings is 1. The predicted octanol–water partition coefficient (Wildman–Crippen LogP) is 3.01. The molecule has 1 N–H and O–H groups in total. The van der Waals surface area contributed by atoms with Gasteiger partial charge < -0.3 is 19.5 Å². The summed E-state index contributed by atoms with van der Waals surface area (Å²) in [4.78, 5) is 11.6. The average Bonchev–Trinajstić information content (AvgIpc) is 2.47. The van der Waals surface area contributed by atoms with Crippen LogP contribution < -0.4 is 5.32 Å². The maximum Gasteiger partial charge on any atom is 0.407 e. The third-order valence-corrected chi connectivity index (χ3v) is 2.82. The number of alkyl carbamates (subject to hydrolysis) is 1. The molecule has 0 aromatic heterocycles. The second-order valence-electron chi connectivity index (χ2n) is 4.55. The van der Waals surface area contributed by atoms with E-state index >= 15 is 0 Å². The van der Waals surface area contributed by atoms with Gasteiger partial charge in [-0.2, -0.15) is 0 Å². The van der Waals surface area contributed by atoms with Crippen molar-refractivity contribution in [3.8, 4) is 0 Å². The molecule has 21 heavy (non-hydrogen) atoms. The molecule has 1 aromatic rings. The second-order valence-corrected chi connectivity index (χ2v) is 4.55. The van der Waals surface area contributed by atoms with Gasteiger partial charge in [-0.1, -0.05) is 25.1 Å². The maximum atomic E-state index is 13.9. The maximum absolute atomic E-state index is 13.9. The first-order chi connectivity index (χ1) is 10.1. The minimum atomic E-state index is -0.737. The van der Waals surface area contributed by atoms with Gasteiger partial charge in [-0.05, 0) is 19.4 Å². The number of halogens is 1. The molecule has 1 rings (SSSR count). The fraction of sp³-hybridized carbons (Fsp3) is 0.533. The summed E-state index contributed by atoms with van der Waals surface area (Å²) in [7, 11) is 1.47. The quantitative estimate of drug-likeness (QED) is 0.750. The van der Waals surface area contributed by atoms with Crippen molar-refractivity contribution in [3.05, 3.63) is 35.6 Å². The summed E-state index contributed by atoms with van der Waals surface area (Å²) in [5.41, 5.74) is 0.324. The van der Waals surface area contributed by atoms with E-state index in [1.165, 1.54) is 13.2 Å². The predicted molar refractivity (Wildman–Crippen MR) is 76.3 cm³/mol. The average molecular weight is 299 g/mol. The number of methoxy groups -OCH3 is 1. The Morgan fingerprint density at radius 3 is 2.71 bits per heavy atom. The van der Waals surface area contributed by atoms with Crippen molar-refractivity contribution in [1.82, 2.24) is 5.32 Å². The van der Waals surface area contributed by atoms with Crippen LogP contribution in [0.3, 0.4) is 0 Å². The van der Waals surface area contributed by atoms with E-state index in [1.54, 1.807) is 25.1 Å². The van der Waals surface area contributed by atoms with Crippen LogP contribution in [0.15, 0.2) is 24.3 Å². The summed E-state index contributed by atoms with van der Waals surface area (Å²) in [6, 6.07) is 6.22. The number of nitrogens with one attached hydrogen (secondary N) is 1. The fourth-order valence-corrected chi connectivity index (χ4v) is 1.82. The van der Waals surface area contributed by atoms with Gasteiger partial charge in [0.15, 0.2) is 0 Å². The van der Waals surface area contributed by atoms with Gasteiger partial charge in [0.1, 0.15) is 24.8 Å². The van der Waals surface area contributed by atoms with Crippen LogP contribution in [-0.2, 0) is 14.2 Å². The Hall–Kier alpha value is -1.66. The van der Waals surface area contributed by atoms with Crippen molar-refractivity contribution in [2.24, 2.45) is 0 Å². The zero-order chi connectivity index (χ0) is 15.7. The highest BCUT2D eigenvalue weighted by Gasteiger charge is 2.26. The molecule has 0 spiro atoms. The molecule has 0 heterocycles. The molecule has 0 aliphatic carbocycles. The van der Waals surface area contributed by atoms with E-state index in [9.17, 15) is 9.18 Å². The molecular weight excluding hydrogens is 277 g/mol. The number of hydrogen-bond acceptors (Lipinski definition) is 4. The van der Waals surface area contributed by atoms with Gasteiger partial charge in [0.25, 0.3) is 0 Å². The molecule has 0 aliphatic rings. The summed E-state index contributed by atoms with van der Waals surface area (Å²) in [5.74, 6) is -0.414. The smallest absolute Gasteiger partial charge is 0.407 e. The Balaban J connectivity index is 2.77. The van der Waals surface area contributed by atoms with Gasteiger partial charge >= 0.3 is 6.09 Å². The van der Waals surface area contributed by atoms with Gasteiger partial charge in [-0.25, -0.2) is 9.18 Å². The Morgan fingerprint density at radius 2 is 2.10 bits per heavy atom. The lowest BCUT2D eigenvalue weighted by atomic mass is 10.0. The number of hydrogen-bond donors (Lipinski definition) is 1. The minimum absolute atomic E-state index is 0.0245. The SMILES string of the molecule is CCCNC(=O)OC(C)C(OCOC)c1ccccc1F. The molecule has 5 nitrogen and oxygen atoms in total. The third-order valence-electron chi connectivity index (χ3n) is 2.82. The van der Waals surface area contributed by atoms with Crippen LogP contribution in [0.5, 0.6) is 0 Å². The Morgan fingerprint density at radius 1 is 1.38 bits per heavy atom. The van der Waals surface area contributed by atoms with Crippen LogP contribution in [0.4, 0.5) is 9.18 Å². The zero-order valence-corrected chi connectivity index (χ0v) is 12.6. The van der Waals surface area contributed by atoms with E-state index in [-0.39, 0.29) is 6.79 Å². The van der Waals surface area contributed by atoms with Gasteiger partial charge in [0.2, 0.25) is 0 Å². The van der Waals surface area contributed by atoms with E-state index in [1.807, 2.05) is 6.92 Å². The molecular formula is C15H22FNO4. The molecule has 2 unspecified atom stereocenters. The monoisotopic (exact) mass is 299 g/mol. The molecule has 0 saturated carbocycles. The lowest BCUT2D eigenvalue weighted by molar-refractivity contribution is -0.113. The molecule has 0 aliphatic heterocycles. The first kappa shape index (κ1) is 17.4. The fourth-order valence-electron chi connectivity index (χ4n) is 1.82. The van der Waals surface area contributed by atoms with Gasteiger partial charge in [-0.3, -0.25) is 0 Å². The van der Waals surface area contributed by atoms with E-state index in [2.05, 4.69) is 5.32 Å². The number of carbonyl (C=O) groups is 1. The van der Waals surface area contributed by atoms with Crippen LogP contribution in [0.25, 0.3) is 0 Å². The molecule has 0 bridgehead atoms. The molecule has 0 saturated heterocycles. The highest BCUT2D eigenvalue weighted by Crippen LogP contribution is 2.26.